The summed E-state index contributed by atoms with van der Waals surface area (Å²) in [6.07, 6.45) is -1.34. The highest BCUT2D eigenvalue weighted by atomic mass is 35.5. The lowest BCUT2D eigenvalue weighted by Crippen LogP contribution is -1.85. The Labute approximate surface area is 61.4 Å². The largest absolute Gasteiger partial charge is 0.274 e. The van der Waals surface area contributed by atoms with Crippen LogP contribution in [0, 0.1) is 0 Å². The van der Waals surface area contributed by atoms with Crippen LogP contribution in [0.1, 0.15) is 12.0 Å². The Morgan fingerprint density at radius 3 is 2.50 bits per heavy atom. The van der Waals surface area contributed by atoms with Crippen LogP contribution in [0.15, 0.2) is 6.20 Å². The summed E-state index contributed by atoms with van der Waals surface area (Å²) in [6, 6.07) is 0. The first kappa shape index (κ1) is 7.47. The molecule has 5 heteroatoms. The van der Waals surface area contributed by atoms with Gasteiger partial charge in [0.25, 0.3) is 6.43 Å². The number of aromatic nitrogens is 2. The summed E-state index contributed by atoms with van der Waals surface area (Å²) in [7, 11) is 1.54. The third-order valence-electron chi connectivity index (χ3n) is 1.04. The van der Waals surface area contributed by atoms with Crippen molar-refractivity contribution in [3.8, 4) is 0 Å². The summed E-state index contributed by atoms with van der Waals surface area (Å²) in [4.78, 5) is 0. The van der Waals surface area contributed by atoms with Gasteiger partial charge < -0.3 is 0 Å². The summed E-state index contributed by atoms with van der Waals surface area (Å²) in [5.74, 6) is 0. The van der Waals surface area contributed by atoms with E-state index in [1.54, 1.807) is 0 Å². The van der Waals surface area contributed by atoms with E-state index in [-0.39, 0.29) is 10.7 Å². The molecule has 1 rings (SSSR count). The standard InChI is InChI=1S/C5H5ClF2N2/c1-10-2-3(5(7)8)4(6)9-10/h2,5H,1H3. The second kappa shape index (κ2) is 2.54. The van der Waals surface area contributed by atoms with Crippen LogP contribution in [0.2, 0.25) is 5.15 Å². The minimum absolute atomic E-state index is 0.127. The second-order valence-corrected chi connectivity index (χ2v) is 2.21. The van der Waals surface area contributed by atoms with Gasteiger partial charge in [-0.1, -0.05) is 11.6 Å². The molecule has 0 spiro atoms. The van der Waals surface area contributed by atoms with Gasteiger partial charge in [-0.25, -0.2) is 8.78 Å². The predicted molar refractivity (Wildman–Crippen MR) is 33.2 cm³/mol. The van der Waals surface area contributed by atoms with Gasteiger partial charge in [-0.2, -0.15) is 5.10 Å². The summed E-state index contributed by atoms with van der Waals surface area (Å²) in [5, 5.41) is 3.41. The van der Waals surface area contributed by atoms with Crippen molar-refractivity contribution in [2.24, 2.45) is 7.05 Å². The Morgan fingerprint density at radius 1 is 1.70 bits per heavy atom. The Hall–Kier alpha value is -0.640. The maximum absolute atomic E-state index is 11.9. The molecule has 1 aromatic heterocycles. The molecule has 0 aliphatic rings. The van der Waals surface area contributed by atoms with E-state index < -0.39 is 6.43 Å². The average Bonchev–Trinajstić information content (AvgIpc) is 2.10. The average molecular weight is 167 g/mol. The number of rotatable bonds is 1. The third-order valence-corrected chi connectivity index (χ3v) is 1.34. The van der Waals surface area contributed by atoms with Crippen LogP contribution in [0.25, 0.3) is 0 Å². The number of halogens is 3. The lowest BCUT2D eigenvalue weighted by atomic mass is 10.4. The van der Waals surface area contributed by atoms with Crippen LogP contribution < -0.4 is 0 Å². The van der Waals surface area contributed by atoms with Crippen molar-refractivity contribution in [2.45, 2.75) is 6.43 Å². The molecule has 2 nitrogen and oxygen atoms in total. The molecule has 0 amide bonds. The first-order chi connectivity index (χ1) is 4.61. The molecule has 10 heavy (non-hydrogen) atoms. The molecule has 0 unspecified atom stereocenters. The van der Waals surface area contributed by atoms with E-state index in [2.05, 4.69) is 5.10 Å². The molecular weight excluding hydrogens is 162 g/mol. The Morgan fingerprint density at radius 2 is 2.30 bits per heavy atom. The number of aryl methyl sites for hydroxylation is 1. The topological polar surface area (TPSA) is 17.8 Å². The third kappa shape index (κ3) is 1.26. The summed E-state index contributed by atoms with van der Waals surface area (Å²) >= 11 is 5.33. The van der Waals surface area contributed by atoms with Crippen molar-refractivity contribution < 1.29 is 8.78 Å². The molecule has 1 heterocycles. The van der Waals surface area contributed by atoms with Gasteiger partial charge in [0.15, 0.2) is 5.15 Å². The van der Waals surface area contributed by atoms with Crippen LogP contribution in [-0.2, 0) is 7.05 Å². The van der Waals surface area contributed by atoms with Crippen LogP contribution >= 0.6 is 11.6 Å². The lowest BCUT2D eigenvalue weighted by molar-refractivity contribution is 0.151. The fourth-order valence-electron chi connectivity index (χ4n) is 0.626. The zero-order valence-corrected chi connectivity index (χ0v) is 5.94. The predicted octanol–water partition coefficient (Wildman–Crippen LogP) is 2.01. The van der Waals surface area contributed by atoms with Gasteiger partial charge in [0.05, 0.1) is 5.56 Å². The molecular formula is C5H5ClF2N2. The van der Waals surface area contributed by atoms with Crippen LogP contribution in [0.3, 0.4) is 0 Å². The first-order valence-electron chi connectivity index (χ1n) is 2.58. The molecule has 0 saturated heterocycles. The number of nitrogens with zero attached hydrogens (tertiary/aromatic N) is 2. The van der Waals surface area contributed by atoms with Crippen molar-refractivity contribution in [3.63, 3.8) is 0 Å². The number of alkyl halides is 2. The molecule has 0 aromatic carbocycles. The van der Waals surface area contributed by atoms with E-state index in [1.807, 2.05) is 0 Å². The Bertz CT molecular complexity index is 234. The van der Waals surface area contributed by atoms with Gasteiger partial charge in [0, 0.05) is 13.2 Å². The van der Waals surface area contributed by atoms with Crippen LogP contribution in [-0.4, -0.2) is 9.78 Å². The van der Waals surface area contributed by atoms with Crippen molar-refractivity contribution in [1.82, 2.24) is 9.78 Å². The van der Waals surface area contributed by atoms with Gasteiger partial charge in [-0.3, -0.25) is 4.68 Å². The molecule has 0 saturated carbocycles. The highest BCUT2D eigenvalue weighted by Crippen LogP contribution is 2.24. The lowest BCUT2D eigenvalue weighted by Gasteiger charge is -1.90. The van der Waals surface area contributed by atoms with E-state index in [1.165, 1.54) is 17.9 Å². The van der Waals surface area contributed by atoms with Gasteiger partial charge >= 0.3 is 0 Å². The molecule has 1 aromatic rings. The quantitative estimate of drug-likeness (QED) is 0.624. The minimum Gasteiger partial charge on any atom is -0.274 e. The highest BCUT2D eigenvalue weighted by molar-refractivity contribution is 6.30. The van der Waals surface area contributed by atoms with E-state index in [0.29, 0.717) is 0 Å². The molecule has 0 fully saturated rings. The first-order valence-corrected chi connectivity index (χ1v) is 2.96. The normalized spacial score (nSPS) is 10.9. The van der Waals surface area contributed by atoms with E-state index in [4.69, 9.17) is 11.6 Å². The van der Waals surface area contributed by atoms with Crippen molar-refractivity contribution >= 4 is 11.6 Å². The maximum Gasteiger partial charge on any atom is 0.268 e. The van der Waals surface area contributed by atoms with Gasteiger partial charge in [0.2, 0.25) is 0 Å². The molecule has 0 bridgehead atoms. The van der Waals surface area contributed by atoms with Crippen LogP contribution in [0.5, 0.6) is 0 Å². The Kier molecular flexibility index (Phi) is 1.89. The molecule has 0 radical (unpaired) electrons. The summed E-state index contributed by atoms with van der Waals surface area (Å²) in [6.45, 7) is 0. The van der Waals surface area contributed by atoms with E-state index in [9.17, 15) is 8.78 Å². The van der Waals surface area contributed by atoms with Crippen molar-refractivity contribution in [1.29, 1.82) is 0 Å². The zero-order chi connectivity index (χ0) is 7.72. The molecule has 0 aliphatic carbocycles. The molecule has 0 aliphatic heterocycles. The highest BCUT2D eigenvalue weighted by Gasteiger charge is 2.14. The van der Waals surface area contributed by atoms with Crippen molar-refractivity contribution in [3.05, 3.63) is 16.9 Å². The fourth-order valence-corrected chi connectivity index (χ4v) is 0.877. The van der Waals surface area contributed by atoms with Crippen molar-refractivity contribution in [2.75, 3.05) is 0 Å². The number of hydrogen-bond acceptors (Lipinski definition) is 1. The number of hydrogen-bond donors (Lipinski definition) is 0. The molecule has 0 N–H and O–H groups in total. The maximum atomic E-state index is 11.9. The summed E-state index contributed by atoms with van der Waals surface area (Å²) in [5.41, 5.74) is -0.218. The summed E-state index contributed by atoms with van der Waals surface area (Å²) < 4.78 is 25.1. The van der Waals surface area contributed by atoms with Gasteiger partial charge in [-0.15, -0.1) is 0 Å². The smallest absolute Gasteiger partial charge is 0.268 e. The van der Waals surface area contributed by atoms with Gasteiger partial charge in [-0.05, 0) is 0 Å². The SMILES string of the molecule is Cn1cc(C(F)F)c(Cl)n1. The zero-order valence-electron chi connectivity index (χ0n) is 5.18. The Balaban J connectivity index is 3.03. The van der Waals surface area contributed by atoms with E-state index >= 15 is 0 Å². The van der Waals surface area contributed by atoms with E-state index in [0.717, 1.165) is 0 Å². The molecule has 0 atom stereocenters. The fraction of sp³-hybridized carbons (Fsp3) is 0.400. The van der Waals surface area contributed by atoms with Gasteiger partial charge in [0.1, 0.15) is 0 Å². The second-order valence-electron chi connectivity index (χ2n) is 1.85. The molecule has 56 valence electrons. The monoisotopic (exact) mass is 166 g/mol. The minimum atomic E-state index is -2.54. The van der Waals surface area contributed by atoms with Crippen LogP contribution in [0.4, 0.5) is 8.78 Å².